The molecular weight excluding hydrogens is 228 g/mol. The SMILES string of the molecule is N[C@@H]1CCCC[C@H]1Nc1nccn(C2CC2)c1=O. The molecule has 3 rings (SSSR count). The highest BCUT2D eigenvalue weighted by Gasteiger charge is 2.27. The van der Waals surface area contributed by atoms with E-state index in [9.17, 15) is 4.79 Å². The third-order valence-electron chi connectivity index (χ3n) is 3.95. The lowest BCUT2D eigenvalue weighted by Gasteiger charge is -2.29. The van der Waals surface area contributed by atoms with Gasteiger partial charge in [0.25, 0.3) is 5.56 Å². The molecule has 0 aromatic carbocycles. The van der Waals surface area contributed by atoms with Crippen molar-refractivity contribution < 1.29 is 0 Å². The summed E-state index contributed by atoms with van der Waals surface area (Å²) in [5, 5.41) is 3.25. The van der Waals surface area contributed by atoms with Crippen molar-refractivity contribution in [3.05, 3.63) is 22.7 Å². The van der Waals surface area contributed by atoms with Crippen LogP contribution in [0.3, 0.4) is 0 Å². The molecule has 1 aromatic heterocycles. The molecular formula is C13H20N4O. The van der Waals surface area contributed by atoms with E-state index in [1.54, 1.807) is 17.0 Å². The maximum Gasteiger partial charge on any atom is 0.293 e. The van der Waals surface area contributed by atoms with Crippen LogP contribution in [0.1, 0.15) is 44.6 Å². The van der Waals surface area contributed by atoms with E-state index in [2.05, 4.69) is 10.3 Å². The molecule has 98 valence electrons. The van der Waals surface area contributed by atoms with Crippen LogP contribution in [0.15, 0.2) is 17.2 Å². The molecule has 0 bridgehead atoms. The first-order valence-electron chi connectivity index (χ1n) is 6.85. The van der Waals surface area contributed by atoms with Crippen LogP contribution in [0, 0.1) is 0 Å². The summed E-state index contributed by atoms with van der Waals surface area (Å²) in [5.41, 5.74) is 6.09. The third kappa shape index (κ3) is 2.27. The second kappa shape index (κ2) is 4.72. The Balaban J connectivity index is 1.79. The highest BCUT2D eigenvalue weighted by Crippen LogP contribution is 2.33. The molecule has 0 saturated heterocycles. The zero-order valence-corrected chi connectivity index (χ0v) is 10.5. The normalized spacial score (nSPS) is 28.1. The van der Waals surface area contributed by atoms with Gasteiger partial charge < -0.3 is 15.6 Å². The molecule has 2 fully saturated rings. The van der Waals surface area contributed by atoms with Gasteiger partial charge in [0, 0.05) is 30.5 Å². The summed E-state index contributed by atoms with van der Waals surface area (Å²) < 4.78 is 1.80. The Hall–Kier alpha value is -1.36. The molecule has 2 aliphatic rings. The smallest absolute Gasteiger partial charge is 0.293 e. The van der Waals surface area contributed by atoms with Crippen LogP contribution in [0.25, 0.3) is 0 Å². The molecule has 0 aliphatic heterocycles. The zero-order chi connectivity index (χ0) is 12.5. The van der Waals surface area contributed by atoms with Gasteiger partial charge in [-0.05, 0) is 25.7 Å². The van der Waals surface area contributed by atoms with Gasteiger partial charge in [-0.3, -0.25) is 4.79 Å². The van der Waals surface area contributed by atoms with Gasteiger partial charge in [-0.1, -0.05) is 12.8 Å². The fourth-order valence-corrected chi connectivity index (χ4v) is 2.68. The minimum Gasteiger partial charge on any atom is -0.361 e. The summed E-state index contributed by atoms with van der Waals surface area (Å²) in [6.45, 7) is 0. The summed E-state index contributed by atoms with van der Waals surface area (Å²) in [4.78, 5) is 16.4. The van der Waals surface area contributed by atoms with Crippen molar-refractivity contribution in [2.75, 3.05) is 5.32 Å². The molecule has 0 unspecified atom stereocenters. The summed E-state index contributed by atoms with van der Waals surface area (Å²) >= 11 is 0. The number of nitrogens with one attached hydrogen (secondary N) is 1. The van der Waals surface area contributed by atoms with Crippen LogP contribution < -0.4 is 16.6 Å². The van der Waals surface area contributed by atoms with Gasteiger partial charge in [-0.15, -0.1) is 0 Å². The van der Waals surface area contributed by atoms with Gasteiger partial charge in [0.15, 0.2) is 5.82 Å². The number of nitrogens with two attached hydrogens (primary N) is 1. The lowest BCUT2D eigenvalue weighted by atomic mass is 9.91. The van der Waals surface area contributed by atoms with E-state index in [1.165, 1.54) is 12.8 Å². The zero-order valence-electron chi connectivity index (χ0n) is 10.5. The maximum absolute atomic E-state index is 12.2. The van der Waals surface area contributed by atoms with Crippen molar-refractivity contribution in [2.24, 2.45) is 5.73 Å². The Morgan fingerprint density at radius 1 is 1.28 bits per heavy atom. The lowest BCUT2D eigenvalue weighted by molar-refractivity contribution is 0.402. The molecule has 3 N–H and O–H groups in total. The Bertz CT molecular complexity index is 480. The molecule has 1 heterocycles. The van der Waals surface area contributed by atoms with E-state index < -0.39 is 0 Å². The number of aromatic nitrogens is 2. The van der Waals surface area contributed by atoms with Crippen LogP contribution >= 0.6 is 0 Å². The predicted molar refractivity (Wildman–Crippen MR) is 70.6 cm³/mol. The van der Waals surface area contributed by atoms with E-state index in [1.807, 2.05) is 0 Å². The van der Waals surface area contributed by atoms with E-state index in [-0.39, 0.29) is 17.6 Å². The molecule has 5 nitrogen and oxygen atoms in total. The maximum atomic E-state index is 12.2. The Morgan fingerprint density at radius 2 is 2.06 bits per heavy atom. The van der Waals surface area contributed by atoms with Crippen LogP contribution in [0.2, 0.25) is 0 Å². The van der Waals surface area contributed by atoms with E-state index in [0.29, 0.717) is 11.9 Å². The summed E-state index contributed by atoms with van der Waals surface area (Å²) in [7, 11) is 0. The van der Waals surface area contributed by atoms with Crippen molar-refractivity contribution in [1.82, 2.24) is 9.55 Å². The number of hydrogen-bond donors (Lipinski definition) is 2. The van der Waals surface area contributed by atoms with Crippen LogP contribution in [0.4, 0.5) is 5.82 Å². The average molecular weight is 248 g/mol. The first kappa shape index (κ1) is 11.7. The van der Waals surface area contributed by atoms with Gasteiger partial charge in [0.1, 0.15) is 0 Å². The molecule has 2 aliphatic carbocycles. The second-order valence-corrected chi connectivity index (χ2v) is 5.42. The third-order valence-corrected chi connectivity index (χ3v) is 3.95. The first-order chi connectivity index (χ1) is 8.75. The first-order valence-corrected chi connectivity index (χ1v) is 6.85. The van der Waals surface area contributed by atoms with Crippen molar-refractivity contribution in [1.29, 1.82) is 0 Å². The summed E-state index contributed by atoms with van der Waals surface area (Å²) in [6, 6.07) is 0.713. The minimum atomic E-state index is -0.00206. The lowest BCUT2D eigenvalue weighted by Crippen LogP contribution is -2.44. The standard InChI is InChI=1S/C13H20N4O/c14-10-3-1-2-4-11(10)16-12-13(18)17(8-7-15-12)9-5-6-9/h7-11H,1-6,14H2,(H,15,16)/t10-,11-/m1/s1. The van der Waals surface area contributed by atoms with Crippen molar-refractivity contribution >= 4 is 5.82 Å². The topological polar surface area (TPSA) is 72.9 Å². The second-order valence-electron chi connectivity index (χ2n) is 5.42. The van der Waals surface area contributed by atoms with E-state index in [0.717, 1.165) is 25.7 Å². The molecule has 0 spiro atoms. The van der Waals surface area contributed by atoms with Gasteiger partial charge in [0.05, 0.1) is 0 Å². The number of rotatable bonds is 3. The van der Waals surface area contributed by atoms with Crippen LogP contribution in [-0.4, -0.2) is 21.6 Å². The Labute approximate surface area is 106 Å². The van der Waals surface area contributed by atoms with Gasteiger partial charge in [0.2, 0.25) is 0 Å². The molecule has 0 radical (unpaired) electrons. The summed E-state index contributed by atoms with van der Waals surface area (Å²) in [5.74, 6) is 0.465. The Morgan fingerprint density at radius 3 is 2.78 bits per heavy atom. The van der Waals surface area contributed by atoms with Gasteiger partial charge in [-0.25, -0.2) is 4.98 Å². The van der Waals surface area contributed by atoms with Crippen LogP contribution in [0.5, 0.6) is 0 Å². The van der Waals surface area contributed by atoms with Gasteiger partial charge in [-0.2, -0.15) is 0 Å². The fourth-order valence-electron chi connectivity index (χ4n) is 2.68. The molecule has 5 heteroatoms. The molecule has 0 amide bonds. The van der Waals surface area contributed by atoms with E-state index >= 15 is 0 Å². The molecule has 1 aromatic rings. The largest absolute Gasteiger partial charge is 0.361 e. The Kier molecular flexibility index (Phi) is 3.07. The highest BCUT2D eigenvalue weighted by molar-refractivity contribution is 5.33. The van der Waals surface area contributed by atoms with Crippen LogP contribution in [-0.2, 0) is 0 Å². The van der Waals surface area contributed by atoms with E-state index in [4.69, 9.17) is 5.73 Å². The monoisotopic (exact) mass is 248 g/mol. The molecule has 18 heavy (non-hydrogen) atoms. The van der Waals surface area contributed by atoms with Crippen molar-refractivity contribution in [3.63, 3.8) is 0 Å². The average Bonchev–Trinajstić information content (AvgIpc) is 3.19. The quantitative estimate of drug-likeness (QED) is 0.844. The fraction of sp³-hybridized carbons (Fsp3) is 0.692. The highest BCUT2D eigenvalue weighted by atomic mass is 16.1. The number of anilines is 1. The molecule has 2 saturated carbocycles. The van der Waals surface area contributed by atoms with Gasteiger partial charge >= 0.3 is 0 Å². The van der Waals surface area contributed by atoms with Crippen molar-refractivity contribution in [3.8, 4) is 0 Å². The number of nitrogens with zero attached hydrogens (tertiary/aromatic N) is 2. The molecule has 2 atom stereocenters. The summed E-state index contributed by atoms with van der Waals surface area (Å²) in [6.07, 6.45) is 10.1. The number of hydrogen-bond acceptors (Lipinski definition) is 4. The predicted octanol–water partition coefficient (Wildman–Crippen LogP) is 1.26. The van der Waals surface area contributed by atoms with Crippen molar-refractivity contribution in [2.45, 2.75) is 56.7 Å². The minimum absolute atomic E-state index is 0.00206.